The molecule has 0 aliphatic rings. The molecule has 37 heavy (non-hydrogen) atoms. The van der Waals surface area contributed by atoms with Crippen LogP contribution in [0.1, 0.15) is 26.6 Å². The minimum atomic E-state index is -3.90. The molecule has 3 heterocycles. The van der Waals surface area contributed by atoms with Gasteiger partial charge in [-0.1, -0.05) is 18.2 Å². The maximum absolute atomic E-state index is 13.3. The van der Waals surface area contributed by atoms with E-state index in [1.54, 1.807) is 49.4 Å². The van der Waals surface area contributed by atoms with Gasteiger partial charge in [0.2, 0.25) is 5.95 Å². The fourth-order valence-electron chi connectivity index (χ4n) is 3.93. The van der Waals surface area contributed by atoms with Crippen LogP contribution >= 0.6 is 11.3 Å². The lowest BCUT2D eigenvalue weighted by Crippen LogP contribution is -2.16. The standard InChI is InChI=1S/C27H23N5O3S2/c1-16-14-17(2)29-27(28-16)32-37(34,35)20-11-9-19(10-12-20)30-26(33)22-15-24(25-13-8-18(3)36-25)31-23-7-5-4-6-21(22)23/h4-15H,1-3H3,(H,30,33)(H,28,29,32). The minimum absolute atomic E-state index is 0.0104. The molecule has 0 aliphatic heterocycles. The molecule has 0 spiro atoms. The average Bonchev–Trinajstić information content (AvgIpc) is 3.29. The molecule has 5 aromatic rings. The first-order chi connectivity index (χ1) is 17.7. The Bertz CT molecular complexity index is 1730. The van der Waals surface area contributed by atoms with Crippen LogP contribution in [0.4, 0.5) is 11.6 Å². The Morgan fingerprint density at radius 2 is 1.54 bits per heavy atom. The van der Waals surface area contributed by atoms with Gasteiger partial charge in [-0.3, -0.25) is 4.79 Å². The van der Waals surface area contributed by atoms with Crippen LogP contribution in [0.25, 0.3) is 21.5 Å². The highest BCUT2D eigenvalue weighted by molar-refractivity contribution is 7.92. The molecule has 3 aromatic heterocycles. The van der Waals surface area contributed by atoms with Crippen molar-refractivity contribution in [3.05, 3.63) is 94.6 Å². The van der Waals surface area contributed by atoms with Gasteiger partial charge in [0.05, 0.1) is 26.5 Å². The fourth-order valence-corrected chi connectivity index (χ4v) is 5.70. The monoisotopic (exact) mass is 529 g/mol. The summed E-state index contributed by atoms with van der Waals surface area (Å²) in [6.07, 6.45) is 0. The first kappa shape index (κ1) is 24.5. The van der Waals surface area contributed by atoms with Crippen molar-refractivity contribution in [1.82, 2.24) is 15.0 Å². The van der Waals surface area contributed by atoms with E-state index in [1.807, 2.05) is 43.3 Å². The summed E-state index contributed by atoms with van der Waals surface area (Å²) in [4.78, 5) is 28.5. The molecule has 0 fully saturated rings. The van der Waals surface area contributed by atoms with E-state index >= 15 is 0 Å². The molecule has 0 saturated carbocycles. The lowest BCUT2D eigenvalue weighted by molar-refractivity contribution is 0.102. The number of nitrogens with zero attached hydrogens (tertiary/aromatic N) is 3. The Hall–Kier alpha value is -4.15. The van der Waals surface area contributed by atoms with Crippen molar-refractivity contribution in [3.63, 3.8) is 0 Å². The number of thiophene rings is 1. The van der Waals surface area contributed by atoms with Gasteiger partial charge >= 0.3 is 0 Å². The zero-order valence-corrected chi connectivity index (χ0v) is 21.9. The van der Waals surface area contributed by atoms with Gasteiger partial charge in [-0.25, -0.2) is 28.1 Å². The number of carbonyl (C=O) groups excluding carboxylic acids is 1. The maximum atomic E-state index is 13.3. The highest BCUT2D eigenvalue weighted by Crippen LogP contribution is 2.30. The van der Waals surface area contributed by atoms with Gasteiger partial charge in [0, 0.05) is 27.3 Å². The first-order valence-corrected chi connectivity index (χ1v) is 13.7. The largest absolute Gasteiger partial charge is 0.322 e. The summed E-state index contributed by atoms with van der Waals surface area (Å²) in [5.74, 6) is -0.304. The lowest BCUT2D eigenvalue weighted by atomic mass is 10.1. The van der Waals surface area contributed by atoms with Crippen molar-refractivity contribution >= 4 is 49.8 Å². The van der Waals surface area contributed by atoms with Crippen LogP contribution in [-0.4, -0.2) is 29.3 Å². The predicted octanol–water partition coefficient (Wildman–Crippen LogP) is 5.73. The van der Waals surface area contributed by atoms with E-state index in [-0.39, 0.29) is 16.8 Å². The molecule has 0 atom stereocenters. The Morgan fingerprint density at radius 3 is 2.22 bits per heavy atom. The van der Waals surface area contributed by atoms with Gasteiger partial charge < -0.3 is 5.32 Å². The number of hydrogen-bond acceptors (Lipinski definition) is 7. The Labute approximate surface area is 218 Å². The Morgan fingerprint density at radius 1 is 0.838 bits per heavy atom. The zero-order chi connectivity index (χ0) is 26.2. The van der Waals surface area contributed by atoms with Crippen LogP contribution in [0.3, 0.4) is 0 Å². The summed E-state index contributed by atoms with van der Waals surface area (Å²) >= 11 is 1.61. The van der Waals surface area contributed by atoms with Gasteiger partial charge in [-0.2, -0.15) is 0 Å². The number of benzene rings is 2. The van der Waals surface area contributed by atoms with Crippen molar-refractivity contribution in [2.24, 2.45) is 0 Å². The van der Waals surface area contributed by atoms with E-state index in [4.69, 9.17) is 4.98 Å². The minimum Gasteiger partial charge on any atom is -0.322 e. The Kier molecular flexibility index (Phi) is 6.45. The van der Waals surface area contributed by atoms with Gasteiger partial charge in [-0.15, -0.1) is 11.3 Å². The van der Waals surface area contributed by atoms with Crippen LogP contribution in [0.5, 0.6) is 0 Å². The topological polar surface area (TPSA) is 114 Å². The second-order valence-corrected chi connectivity index (χ2v) is 11.5. The molecule has 0 radical (unpaired) electrons. The van der Waals surface area contributed by atoms with Gasteiger partial charge in [0.15, 0.2) is 0 Å². The molecular formula is C27H23N5O3S2. The number of carbonyl (C=O) groups is 1. The van der Waals surface area contributed by atoms with E-state index in [0.717, 1.165) is 26.4 Å². The number of anilines is 2. The third-order valence-electron chi connectivity index (χ3n) is 5.58. The van der Waals surface area contributed by atoms with E-state index in [0.29, 0.717) is 22.6 Å². The molecule has 0 saturated heterocycles. The van der Waals surface area contributed by atoms with Crippen molar-refractivity contribution in [3.8, 4) is 10.6 Å². The lowest BCUT2D eigenvalue weighted by Gasteiger charge is -2.11. The SMILES string of the molecule is Cc1cc(C)nc(NS(=O)(=O)c2ccc(NC(=O)c3cc(-c4ccc(C)s4)nc4ccccc34)cc2)n1. The van der Waals surface area contributed by atoms with Crippen molar-refractivity contribution in [2.75, 3.05) is 10.0 Å². The summed E-state index contributed by atoms with van der Waals surface area (Å²) in [6, 6.07) is 21.0. The quantitative estimate of drug-likeness (QED) is 0.290. The second kappa shape index (κ2) is 9.72. The number of rotatable bonds is 6. The second-order valence-electron chi connectivity index (χ2n) is 8.54. The number of para-hydroxylation sites is 1. The maximum Gasteiger partial charge on any atom is 0.264 e. The molecule has 2 N–H and O–H groups in total. The van der Waals surface area contributed by atoms with E-state index < -0.39 is 10.0 Å². The van der Waals surface area contributed by atoms with E-state index in [2.05, 4.69) is 20.0 Å². The number of aryl methyl sites for hydroxylation is 3. The molecule has 186 valence electrons. The fraction of sp³-hybridized carbons (Fsp3) is 0.111. The molecule has 8 nitrogen and oxygen atoms in total. The highest BCUT2D eigenvalue weighted by atomic mass is 32.2. The van der Waals surface area contributed by atoms with Crippen LogP contribution in [-0.2, 0) is 10.0 Å². The van der Waals surface area contributed by atoms with Crippen molar-refractivity contribution in [2.45, 2.75) is 25.7 Å². The molecular weight excluding hydrogens is 506 g/mol. The van der Waals surface area contributed by atoms with Crippen LogP contribution < -0.4 is 10.0 Å². The predicted molar refractivity (Wildman–Crippen MR) is 147 cm³/mol. The number of nitrogens with one attached hydrogen (secondary N) is 2. The molecule has 5 rings (SSSR count). The number of hydrogen-bond donors (Lipinski definition) is 2. The van der Waals surface area contributed by atoms with Crippen LogP contribution in [0.15, 0.2) is 77.7 Å². The molecule has 10 heteroatoms. The molecule has 0 unspecified atom stereocenters. The number of aromatic nitrogens is 3. The van der Waals surface area contributed by atoms with E-state index in [1.165, 1.54) is 12.1 Å². The summed E-state index contributed by atoms with van der Waals surface area (Å²) in [6.45, 7) is 5.55. The summed E-state index contributed by atoms with van der Waals surface area (Å²) in [7, 11) is -3.90. The van der Waals surface area contributed by atoms with Gasteiger partial charge in [-0.05, 0) is 75.4 Å². The molecule has 1 amide bonds. The normalized spacial score (nSPS) is 11.4. The highest BCUT2D eigenvalue weighted by Gasteiger charge is 2.18. The average molecular weight is 530 g/mol. The van der Waals surface area contributed by atoms with Gasteiger partial charge in [0.25, 0.3) is 15.9 Å². The zero-order valence-electron chi connectivity index (χ0n) is 20.3. The Balaban J connectivity index is 1.40. The molecule has 0 aliphatic carbocycles. The number of sulfonamides is 1. The van der Waals surface area contributed by atoms with Crippen LogP contribution in [0, 0.1) is 20.8 Å². The third-order valence-corrected chi connectivity index (χ3v) is 7.95. The number of pyridine rings is 1. The molecule has 2 aromatic carbocycles. The summed E-state index contributed by atoms with van der Waals surface area (Å²) < 4.78 is 28.0. The van der Waals surface area contributed by atoms with Crippen molar-refractivity contribution in [1.29, 1.82) is 0 Å². The molecule has 0 bridgehead atoms. The van der Waals surface area contributed by atoms with Gasteiger partial charge in [0.1, 0.15) is 0 Å². The summed E-state index contributed by atoms with van der Waals surface area (Å²) in [5, 5.41) is 3.60. The number of fused-ring (bicyclic) bond motifs is 1. The third kappa shape index (κ3) is 5.35. The van der Waals surface area contributed by atoms with E-state index in [9.17, 15) is 13.2 Å². The number of amides is 1. The summed E-state index contributed by atoms with van der Waals surface area (Å²) in [5.41, 5.74) is 3.70. The first-order valence-electron chi connectivity index (χ1n) is 11.4. The van der Waals surface area contributed by atoms with Crippen molar-refractivity contribution < 1.29 is 13.2 Å². The van der Waals surface area contributed by atoms with Crippen LogP contribution in [0.2, 0.25) is 0 Å². The smallest absolute Gasteiger partial charge is 0.264 e.